The van der Waals surface area contributed by atoms with Gasteiger partial charge in [-0.25, -0.2) is 13.4 Å². The van der Waals surface area contributed by atoms with E-state index in [0.717, 1.165) is 11.3 Å². The topological polar surface area (TPSA) is 114 Å². The van der Waals surface area contributed by atoms with Crippen LogP contribution < -0.4 is 0 Å². The Morgan fingerprint density at radius 1 is 0.882 bits per heavy atom. The van der Waals surface area contributed by atoms with Crippen molar-refractivity contribution in [2.45, 2.75) is 24.2 Å². The molecule has 0 aromatic heterocycles. The number of nitrogens with zero attached hydrogens (tertiary/aromatic N) is 5. The fourth-order valence-electron chi connectivity index (χ4n) is 4.07. The molecule has 0 bridgehead atoms. The van der Waals surface area contributed by atoms with E-state index in [4.69, 9.17) is 0 Å². The Balaban J connectivity index is 1.28. The molecule has 2 aromatic rings. The van der Waals surface area contributed by atoms with Crippen molar-refractivity contribution in [3.63, 3.8) is 0 Å². The summed E-state index contributed by atoms with van der Waals surface area (Å²) in [6, 6.07) is 17.7. The molecule has 2 aliphatic heterocycles. The van der Waals surface area contributed by atoms with Gasteiger partial charge >= 0.3 is 0 Å². The molecule has 10 heteroatoms. The molecule has 0 aliphatic carbocycles. The fourth-order valence-corrected chi connectivity index (χ4v) is 5.64. The van der Waals surface area contributed by atoms with E-state index < -0.39 is 10.0 Å². The molecular formula is C24H25N5O4S. The van der Waals surface area contributed by atoms with Gasteiger partial charge in [0.15, 0.2) is 0 Å². The SMILES string of the molecule is N#Cc1ccccc1S(=O)(=O)N1CCN(C(=O)CCC(=O)N2CCC(c3ccccc3)=N2)CC1. The van der Waals surface area contributed by atoms with Gasteiger partial charge in [-0.1, -0.05) is 42.5 Å². The quantitative estimate of drug-likeness (QED) is 0.627. The Morgan fingerprint density at radius 3 is 2.24 bits per heavy atom. The molecule has 2 amide bonds. The number of hydrogen-bond donors (Lipinski definition) is 0. The third kappa shape index (κ3) is 5.00. The molecule has 0 N–H and O–H groups in total. The van der Waals surface area contributed by atoms with Crippen molar-refractivity contribution in [1.29, 1.82) is 5.26 Å². The summed E-state index contributed by atoms with van der Waals surface area (Å²) in [5.41, 5.74) is 1.94. The van der Waals surface area contributed by atoms with Gasteiger partial charge < -0.3 is 4.90 Å². The Labute approximate surface area is 198 Å². The normalized spacial score (nSPS) is 16.7. The fraction of sp³-hybridized carbons (Fsp3) is 0.333. The molecule has 0 unspecified atom stereocenters. The van der Waals surface area contributed by atoms with Crippen molar-refractivity contribution in [3.8, 4) is 6.07 Å². The van der Waals surface area contributed by atoms with E-state index in [1.54, 1.807) is 17.0 Å². The Hall–Kier alpha value is -3.55. The second kappa shape index (κ2) is 10.2. The maximum absolute atomic E-state index is 12.9. The lowest BCUT2D eigenvalue weighted by molar-refractivity contribution is -0.137. The zero-order chi connectivity index (χ0) is 24.1. The van der Waals surface area contributed by atoms with Crippen LogP contribution in [0.25, 0.3) is 0 Å². The van der Waals surface area contributed by atoms with Crippen LogP contribution in [0.4, 0.5) is 0 Å². The number of carbonyl (C=O) groups is 2. The number of benzene rings is 2. The number of rotatable bonds is 6. The minimum Gasteiger partial charge on any atom is -0.340 e. The van der Waals surface area contributed by atoms with Crippen LogP contribution in [0.5, 0.6) is 0 Å². The third-order valence-corrected chi connectivity index (χ3v) is 7.92. The Bertz CT molecular complexity index is 1250. The van der Waals surface area contributed by atoms with Gasteiger partial charge in [-0.3, -0.25) is 9.59 Å². The molecule has 0 atom stereocenters. The lowest BCUT2D eigenvalue weighted by Gasteiger charge is -2.34. The average molecular weight is 480 g/mol. The number of carbonyl (C=O) groups excluding carboxylic acids is 2. The van der Waals surface area contributed by atoms with Gasteiger partial charge in [0, 0.05) is 45.4 Å². The summed E-state index contributed by atoms with van der Waals surface area (Å²) in [5, 5.41) is 15.1. The number of amides is 2. The van der Waals surface area contributed by atoms with Crippen molar-refractivity contribution < 1.29 is 18.0 Å². The Kier molecular flexibility index (Phi) is 7.05. The summed E-state index contributed by atoms with van der Waals surface area (Å²) >= 11 is 0. The second-order valence-electron chi connectivity index (χ2n) is 8.07. The Morgan fingerprint density at radius 2 is 1.53 bits per heavy atom. The van der Waals surface area contributed by atoms with Crippen molar-refractivity contribution in [3.05, 3.63) is 65.7 Å². The van der Waals surface area contributed by atoms with E-state index in [0.29, 0.717) is 13.0 Å². The molecule has 4 rings (SSSR count). The summed E-state index contributed by atoms with van der Waals surface area (Å²) in [7, 11) is -3.82. The van der Waals surface area contributed by atoms with E-state index >= 15 is 0 Å². The summed E-state index contributed by atoms with van der Waals surface area (Å²) in [6.45, 7) is 1.25. The highest BCUT2D eigenvalue weighted by Crippen LogP contribution is 2.21. The molecule has 0 spiro atoms. The largest absolute Gasteiger partial charge is 0.340 e. The van der Waals surface area contributed by atoms with Crippen LogP contribution in [0.2, 0.25) is 0 Å². The zero-order valence-electron chi connectivity index (χ0n) is 18.6. The predicted molar refractivity (Wildman–Crippen MR) is 125 cm³/mol. The summed E-state index contributed by atoms with van der Waals surface area (Å²) in [6.07, 6.45) is 0.781. The lowest BCUT2D eigenvalue weighted by atomic mass is 10.1. The predicted octanol–water partition coefficient (Wildman–Crippen LogP) is 1.81. The zero-order valence-corrected chi connectivity index (χ0v) is 19.4. The first-order valence-electron chi connectivity index (χ1n) is 11.1. The number of hydrazone groups is 1. The van der Waals surface area contributed by atoms with E-state index in [-0.39, 0.29) is 61.3 Å². The van der Waals surface area contributed by atoms with E-state index in [2.05, 4.69) is 5.10 Å². The monoisotopic (exact) mass is 479 g/mol. The van der Waals surface area contributed by atoms with Crippen molar-refractivity contribution in [1.82, 2.24) is 14.2 Å². The highest BCUT2D eigenvalue weighted by molar-refractivity contribution is 7.89. The molecule has 176 valence electrons. The van der Waals surface area contributed by atoms with Gasteiger partial charge in [0.2, 0.25) is 21.8 Å². The van der Waals surface area contributed by atoms with Gasteiger partial charge in [0.1, 0.15) is 6.07 Å². The molecule has 2 aromatic carbocycles. The summed E-state index contributed by atoms with van der Waals surface area (Å²) < 4.78 is 27.2. The van der Waals surface area contributed by atoms with Crippen molar-refractivity contribution in [2.75, 3.05) is 32.7 Å². The molecule has 0 radical (unpaired) electrons. The van der Waals surface area contributed by atoms with Crippen LogP contribution in [0, 0.1) is 11.3 Å². The molecule has 2 heterocycles. The number of hydrogen-bond acceptors (Lipinski definition) is 6. The highest BCUT2D eigenvalue weighted by atomic mass is 32.2. The van der Waals surface area contributed by atoms with Crippen LogP contribution in [-0.4, -0.2) is 72.9 Å². The second-order valence-corrected chi connectivity index (χ2v) is 9.98. The maximum Gasteiger partial charge on any atom is 0.244 e. The first-order valence-corrected chi connectivity index (χ1v) is 12.5. The maximum atomic E-state index is 12.9. The minimum absolute atomic E-state index is 0.0242. The van der Waals surface area contributed by atoms with E-state index in [1.807, 2.05) is 36.4 Å². The molecule has 34 heavy (non-hydrogen) atoms. The van der Waals surface area contributed by atoms with Crippen LogP contribution in [0.1, 0.15) is 30.4 Å². The van der Waals surface area contributed by atoms with Gasteiger partial charge in [-0.2, -0.15) is 14.7 Å². The molecule has 1 saturated heterocycles. The van der Waals surface area contributed by atoms with Gasteiger partial charge in [-0.15, -0.1) is 0 Å². The minimum atomic E-state index is -3.82. The third-order valence-electron chi connectivity index (χ3n) is 5.97. The van der Waals surface area contributed by atoms with Gasteiger partial charge in [-0.05, 0) is 17.7 Å². The van der Waals surface area contributed by atoms with Crippen LogP contribution in [0.15, 0.2) is 64.6 Å². The number of nitriles is 1. The highest BCUT2D eigenvalue weighted by Gasteiger charge is 2.32. The first-order chi connectivity index (χ1) is 16.4. The lowest BCUT2D eigenvalue weighted by Crippen LogP contribution is -2.50. The van der Waals surface area contributed by atoms with E-state index in [1.165, 1.54) is 21.4 Å². The van der Waals surface area contributed by atoms with Crippen LogP contribution >= 0.6 is 0 Å². The van der Waals surface area contributed by atoms with Crippen molar-refractivity contribution >= 4 is 27.5 Å². The van der Waals surface area contributed by atoms with Gasteiger partial charge in [0.25, 0.3) is 0 Å². The number of piperazine rings is 1. The van der Waals surface area contributed by atoms with Crippen LogP contribution in [0.3, 0.4) is 0 Å². The van der Waals surface area contributed by atoms with Crippen LogP contribution in [-0.2, 0) is 19.6 Å². The molecule has 1 fully saturated rings. The standard InChI is InChI=1S/C24H25N5O4S/c25-18-20-8-4-5-9-22(20)34(32,33)28-16-14-27(15-17-28)23(30)10-11-24(31)29-13-12-21(26-29)19-6-2-1-3-7-19/h1-9H,10-17H2. The molecule has 9 nitrogen and oxygen atoms in total. The smallest absolute Gasteiger partial charge is 0.244 e. The number of sulfonamides is 1. The molecule has 2 aliphatic rings. The molecule has 0 saturated carbocycles. The van der Waals surface area contributed by atoms with Crippen molar-refractivity contribution in [2.24, 2.45) is 5.10 Å². The summed E-state index contributed by atoms with van der Waals surface area (Å²) in [4.78, 5) is 26.7. The summed E-state index contributed by atoms with van der Waals surface area (Å²) in [5.74, 6) is -0.386. The first kappa shape index (κ1) is 23.6. The average Bonchev–Trinajstić information content (AvgIpc) is 3.38. The van der Waals surface area contributed by atoms with E-state index in [9.17, 15) is 23.3 Å². The molecular weight excluding hydrogens is 454 g/mol. The van der Waals surface area contributed by atoms with Gasteiger partial charge in [0.05, 0.1) is 22.7 Å².